The third kappa shape index (κ3) is 6.03. The summed E-state index contributed by atoms with van der Waals surface area (Å²) in [5, 5.41) is 0. The Morgan fingerprint density at radius 1 is 0.806 bits per heavy atom. The Kier molecular flexibility index (Phi) is 6.78. The zero-order chi connectivity index (χ0) is 23.7. The van der Waals surface area contributed by atoms with Gasteiger partial charge in [0, 0.05) is 11.3 Å². The van der Waals surface area contributed by atoms with Gasteiger partial charge in [0.25, 0.3) is 0 Å². The van der Waals surface area contributed by atoms with Gasteiger partial charge in [-0.2, -0.15) is 0 Å². The Morgan fingerprint density at radius 2 is 1.26 bits per heavy atom. The molecule has 0 saturated heterocycles. The highest BCUT2D eigenvalue weighted by molar-refractivity contribution is 6.08. The molecule has 7 nitrogen and oxygen atoms in total. The van der Waals surface area contributed by atoms with Gasteiger partial charge in [0.15, 0.2) is 0 Å². The molecule has 0 radical (unpaired) electrons. The van der Waals surface area contributed by atoms with Crippen molar-refractivity contribution in [3.63, 3.8) is 0 Å². The Balaban J connectivity index is 2.70. The van der Waals surface area contributed by atoms with Crippen molar-refractivity contribution in [1.29, 1.82) is 0 Å². The molecule has 0 bridgehead atoms. The lowest BCUT2D eigenvalue weighted by Gasteiger charge is -2.28. The number of ether oxygens (including phenoxy) is 2. The van der Waals surface area contributed by atoms with Gasteiger partial charge in [-0.1, -0.05) is 18.2 Å². The van der Waals surface area contributed by atoms with Crippen LogP contribution in [0.2, 0.25) is 0 Å². The minimum absolute atomic E-state index is 0.0794. The normalized spacial score (nSPS) is 11.8. The maximum atomic E-state index is 13.0. The summed E-state index contributed by atoms with van der Waals surface area (Å²) in [5.41, 5.74) is 3.57. The first-order chi connectivity index (χ1) is 14.1. The van der Waals surface area contributed by atoms with Crippen molar-refractivity contribution in [3.05, 3.63) is 40.6 Å². The van der Waals surface area contributed by atoms with Crippen molar-refractivity contribution in [2.75, 3.05) is 4.90 Å². The molecule has 0 atom stereocenters. The first-order valence-corrected chi connectivity index (χ1v) is 10.3. The zero-order valence-electron chi connectivity index (χ0n) is 20.2. The molecule has 2 rings (SSSR count). The van der Waals surface area contributed by atoms with Gasteiger partial charge in [-0.05, 0) is 85.9 Å². The molecule has 0 spiro atoms. The number of carbonyl (C=O) groups excluding carboxylic acids is 2. The van der Waals surface area contributed by atoms with E-state index in [4.69, 9.17) is 9.47 Å². The molecular weight excluding hydrogens is 394 g/mol. The number of carbonyl (C=O) groups is 2. The topological polar surface area (TPSA) is 81.6 Å². The summed E-state index contributed by atoms with van der Waals surface area (Å²) >= 11 is 0. The quantitative estimate of drug-likeness (QED) is 0.580. The summed E-state index contributed by atoms with van der Waals surface area (Å²) in [6, 6.07) is 5.98. The monoisotopic (exact) mass is 427 g/mol. The molecule has 7 heteroatoms. The number of anilines is 1. The summed E-state index contributed by atoms with van der Waals surface area (Å²) in [6.07, 6.45) is -1.78. The largest absolute Gasteiger partial charge is 0.443 e. The van der Waals surface area contributed by atoms with Gasteiger partial charge in [-0.3, -0.25) is 0 Å². The maximum Gasteiger partial charge on any atom is 0.427 e. The van der Waals surface area contributed by atoms with Crippen LogP contribution >= 0.6 is 0 Å². The molecule has 0 N–H and O–H groups in total. The predicted molar refractivity (Wildman–Crippen MR) is 121 cm³/mol. The van der Waals surface area contributed by atoms with Crippen LogP contribution in [0.15, 0.2) is 18.2 Å². The number of imide groups is 1. The van der Waals surface area contributed by atoms with E-state index in [9.17, 15) is 9.59 Å². The minimum Gasteiger partial charge on any atom is -0.443 e. The lowest BCUT2D eigenvalue weighted by molar-refractivity contribution is 0.0427. The molecule has 168 valence electrons. The number of benzene rings is 1. The van der Waals surface area contributed by atoms with Gasteiger partial charge in [0.05, 0.1) is 5.69 Å². The second-order valence-electron chi connectivity index (χ2n) is 9.65. The van der Waals surface area contributed by atoms with Crippen LogP contribution in [-0.4, -0.2) is 33.4 Å². The first kappa shape index (κ1) is 24.3. The molecule has 1 heterocycles. The van der Waals surface area contributed by atoms with Crippen molar-refractivity contribution in [3.8, 4) is 11.3 Å². The van der Waals surface area contributed by atoms with Crippen LogP contribution in [0.25, 0.3) is 11.3 Å². The van der Waals surface area contributed by atoms with E-state index in [1.54, 1.807) is 41.5 Å². The fraction of sp³-hybridized carbons (Fsp3) is 0.500. The molecule has 0 aliphatic heterocycles. The van der Waals surface area contributed by atoms with Crippen LogP contribution in [0.1, 0.15) is 63.9 Å². The van der Waals surface area contributed by atoms with Gasteiger partial charge < -0.3 is 9.47 Å². The maximum absolute atomic E-state index is 13.0. The predicted octanol–water partition coefficient (Wildman–Crippen LogP) is 6.05. The third-order valence-electron chi connectivity index (χ3n) is 4.45. The second kappa shape index (κ2) is 8.65. The second-order valence-corrected chi connectivity index (χ2v) is 9.65. The molecular formula is C24H33N3O4. The average Bonchev–Trinajstić information content (AvgIpc) is 2.55. The fourth-order valence-corrected chi connectivity index (χ4v) is 3.00. The van der Waals surface area contributed by atoms with Gasteiger partial charge in [0.1, 0.15) is 11.2 Å². The van der Waals surface area contributed by atoms with E-state index >= 15 is 0 Å². The minimum atomic E-state index is -0.891. The number of aromatic nitrogens is 2. The average molecular weight is 428 g/mol. The van der Waals surface area contributed by atoms with Gasteiger partial charge in [-0.15, -0.1) is 4.90 Å². The third-order valence-corrected chi connectivity index (χ3v) is 4.45. The molecule has 0 fully saturated rings. The molecule has 0 aliphatic carbocycles. The van der Waals surface area contributed by atoms with Crippen molar-refractivity contribution in [1.82, 2.24) is 9.97 Å². The standard InChI is InChI=1S/C24H33N3O4/c1-14-12-11-13-15(2)18(14)19-16(3)17(4)25-20(26-19)27(21(28)30-23(5,6)7)22(29)31-24(8,9)10/h11-13H,1-10H3. The number of amides is 2. The lowest BCUT2D eigenvalue weighted by Crippen LogP contribution is -2.44. The Morgan fingerprint density at radius 3 is 1.68 bits per heavy atom. The molecule has 31 heavy (non-hydrogen) atoms. The molecule has 1 aromatic carbocycles. The van der Waals surface area contributed by atoms with E-state index in [0.717, 1.165) is 27.2 Å². The molecule has 2 aromatic rings. The summed E-state index contributed by atoms with van der Waals surface area (Å²) < 4.78 is 10.9. The lowest BCUT2D eigenvalue weighted by atomic mass is 9.96. The molecule has 0 unspecified atom stereocenters. The molecule has 0 aliphatic rings. The summed E-state index contributed by atoms with van der Waals surface area (Å²) in [5.74, 6) is -0.0794. The smallest absolute Gasteiger partial charge is 0.427 e. The number of nitrogens with zero attached hydrogens (tertiary/aromatic N) is 3. The highest BCUT2D eigenvalue weighted by atomic mass is 16.6. The zero-order valence-corrected chi connectivity index (χ0v) is 20.2. The van der Waals surface area contributed by atoms with Crippen molar-refractivity contribution >= 4 is 18.1 Å². The van der Waals surface area contributed by atoms with Crippen LogP contribution in [0.4, 0.5) is 15.5 Å². The van der Waals surface area contributed by atoms with E-state index in [1.807, 2.05) is 45.9 Å². The van der Waals surface area contributed by atoms with Gasteiger partial charge in [-0.25, -0.2) is 19.6 Å². The van der Waals surface area contributed by atoms with Gasteiger partial charge >= 0.3 is 12.2 Å². The first-order valence-electron chi connectivity index (χ1n) is 10.3. The van der Waals surface area contributed by atoms with Crippen molar-refractivity contribution < 1.29 is 19.1 Å². The van der Waals surface area contributed by atoms with E-state index in [1.165, 1.54) is 0 Å². The number of aryl methyl sites for hydroxylation is 3. The van der Waals surface area contributed by atoms with Crippen molar-refractivity contribution in [2.24, 2.45) is 0 Å². The Hall–Kier alpha value is -2.96. The van der Waals surface area contributed by atoms with Crippen LogP contribution in [-0.2, 0) is 9.47 Å². The molecule has 0 saturated carbocycles. The van der Waals surface area contributed by atoms with E-state index in [2.05, 4.69) is 9.97 Å². The van der Waals surface area contributed by atoms with Crippen LogP contribution in [0.3, 0.4) is 0 Å². The fourth-order valence-electron chi connectivity index (χ4n) is 3.00. The van der Waals surface area contributed by atoms with Crippen LogP contribution < -0.4 is 4.90 Å². The molecule has 1 aromatic heterocycles. The van der Waals surface area contributed by atoms with Crippen LogP contribution in [0.5, 0.6) is 0 Å². The van der Waals surface area contributed by atoms with Gasteiger partial charge in [0.2, 0.25) is 5.95 Å². The van der Waals surface area contributed by atoms with E-state index in [-0.39, 0.29) is 5.95 Å². The SMILES string of the molecule is Cc1cccc(C)c1-c1nc(N(C(=O)OC(C)(C)C)C(=O)OC(C)(C)C)nc(C)c1C. The Labute approximate surface area is 184 Å². The highest BCUT2D eigenvalue weighted by Gasteiger charge is 2.35. The van der Waals surface area contributed by atoms with E-state index < -0.39 is 23.4 Å². The summed E-state index contributed by atoms with van der Waals surface area (Å²) in [6.45, 7) is 18.1. The number of hydrogen-bond donors (Lipinski definition) is 0. The van der Waals surface area contributed by atoms with E-state index in [0.29, 0.717) is 11.4 Å². The summed E-state index contributed by atoms with van der Waals surface area (Å²) in [4.78, 5) is 35.8. The summed E-state index contributed by atoms with van der Waals surface area (Å²) in [7, 11) is 0. The number of hydrogen-bond acceptors (Lipinski definition) is 6. The highest BCUT2D eigenvalue weighted by Crippen LogP contribution is 2.31. The molecule has 2 amide bonds. The number of rotatable bonds is 2. The Bertz CT molecular complexity index is 953. The van der Waals surface area contributed by atoms with Crippen molar-refractivity contribution in [2.45, 2.75) is 80.4 Å². The van der Waals surface area contributed by atoms with Crippen LogP contribution in [0, 0.1) is 27.7 Å².